The monoisotopic (exact) mass is 587 g/mol. The van der Waals surface area contributed by atoms with Crippen molar-refractivity contribution in [2.24, 2.45) is 0 Å². The first kappa shape index (κ1) is 28.7. The lowest BCUT2D eigenvalue weighted by molar-refractivity contribution is -0.117. The molecule has 37 heavy (non-hydrogen) atoms. The van der Waals surface area contributed by atoms with Gasteiger partial charge in [-0.15, -0.1) is 0 Å². The molecule has 0 saturated heterocycles. The molecule has 0 saturated carbocycles. The van der Waals surface area contributed by atoms with Crippen molar-refractivity contribution in [3.8, 4) is 11.5 Å². The number of ether oxygens (including phenoxy) is 2. The molecule has 0 aliphatic heterocycles. The van der Waals surface area contributed by atoms with E-state index in [1.807, 2.05) is 32.0 Å². The Hall–Kier alpha value is -2.84. The third-order valence-electron chi connectivity index (χ3n) is 5.76. The Morgan fingerprint density at radius 1 is 0.946 bits per heavy atom. The zero-order chi connectivity index (χ0) is 27.2. The van der Waals surface area contributed by atoms with Crippen LogP contribution in [0.1, 0.15) is 51.7 Å². The zero-order valence-corrected chi connectivity index (χ0v) is 24.4. The minimum Gasteiger partial charge on any atom is -0.494 e. The number of hydrogen-bond donors (Lipinski definition) is 0. The van der Waals surface area contributed by atoms with Crippen molar-refractivity contribution in [1.29, 1.82) is 0 Å². The van der Waals surface area contributed by atoms with Crippen LogP contribution < -0.4 is 13.8 Å². The molecule has 0 spiro atoms. The molecule has 0 aliphatic rings. The molecule has 8 heteroatoms. The van der Waals surface area contributed by atoms with Gasteiger partial charge in [-0.3, -0.25) is 4.79 Å². The fourth-order valence-corrected chi connectivity index (χ4v) is 5.61. The SMILES string of the molecule is CCOc1ccc(N(C(=O)CCCOc2ccc(C(C)(C)C)cc2Br)S(=O)(=O)c2ccc(C)cc2)cc1. The van der Waals surface area contributed by atoms with Gasteiger partial charge in [0.15, 0.2) is 0 Å². The van der Waals surface area contributed by atoms with E-state index >= 15 is 0 Å². The van der Waals surface area contributed by atoms with Gasteiger partial charge in [-0.1, -0.05) is 44.5 Å². The lowest BCUT2D eigenvalue weighted by Crippen LogP contribution is -2.37. The van der Waals surface area contributed by atoms with Crippen molar-refractivity contribution in [3.05, 3.63) is 82.3 Å². The molecule has 0 bridgehead atoms. The van der Waals surface area contributed by atoms with Gasteiger partial charge >= 0.3 is 0 Å². The molecule has 0 aliphatic carbocycles. The third kappa shape index (κ3) is 7.36. The van der Waals surface area contributed by atoms with E-state index in [1.165, 1.54) is 17.7 Å². The number of sulfonamides is 1. The van der Waals surface area contributed by atoms with Crippen molar-refractivity contribution in [1.82, 2.24) is 0 Å². The molecule has 0 aromatic heterocycles. The summed E-state index contributed by atoms with van der Waals surface area (Å²) in [5.41, 5.74) is 2.38. The summed E-state index contributed by atoms with van der Waals surface area (Å²) < 4.78 is 40.2. The van der Waals surface area contributed by atoms with Gasteiger partial charge in [0, 0.05) is 6.42 Å². The molecular weight excluding hydrogens is 554 g/mol. The van der Waals surface area contributed by atoms with Crippen LogP contribution in [0.5, 0.6) is 11.5 Å². The number of benzene rings is 3. The lowest BCUT2D eigenvalue weighted by Gasteiger charge is -2.23. The van der Waals surface area contributed by atoms with Crippen molar-refractivity contribution in [2.45, 2.75) is 57.8 Å². The first-order chi connectivity index (χ1) is 17.4. The fraction of sp³-hybridized carbons (Fsp3) is 0.345. The summed E-state index contributed by atoms with van der Waals surface area (Å²) in [6.45, 7) is 10.9. The van der Waals surface area contributed by atoms with E-state index in [9.17, 15) is 13.2 Å². The van der Waals surface area contributed by atoms with Gasteiger partial charge in [0.2, 0.25) is 5.91 Å². The minimum absolute atomic E-state index is 0.00397. The highest BCUT2D eigenvalue weighted by Gasteiger charge is 2.30. The Balaban J connectivity index is 1.76. The number of nitrogens with zero attached hydrogens (tertiary/aromatic N) is 1. The van der Waals surface area contributed by atoms with Crippen molar-refractivity contribution in [2.75, 3.05) is 17.5 Å². The second-order valence-corrected chi connectivity index (χ2v) is 12.4. The summed E-state index contributed by atoms with van der Waals surface area (Å²) in [7, 11) is -4.12. The molecule has 198 valence electrons. The molecule has 0 heterocycles. The van der Waals surface area contributed by atoms with Crippen LogP contribution in [0.4, 0.5) is 5.69 Å². The van der Waals surface area contributed by atoms with Gasteiger partial charge in [-0.2, -0.15) is 0 Å². The number of amides is 1. The number of carbonyl (C=O) groups excluding carboxylic acids is 1. The van der Waals surface area contributed by atoms with E-state index in [2.05, 4.69) is 36.7 Å². The molecule has 0 atom stereocenters. The normalized spacial score (nSPS) is 11.7. The van der Waals surface area contributed by atoms with Crippen LogP contribution in [0.3, 0.4) is 0 Å². The van der Waals surface area contributed by atoms with Gasteiger partial charge in [-0.25, -0.2) is 12.7 Å². The molecule has 0 unspecified atom stereocenters. The number of carbonyl (C=O) groups is 1. The summed E-state index contributed by atoms with van der Waals surface area (Å²) in [4.78, 5) is 13.4. The van der Waals surface area contributed by atoms with Crippen LogP contribution in [0, 0.1) is 6.92 Å². The summed E-state index contributed by atoms with van der Waals surface area (Å²) in [6, 6.07) is 18.9. The van der Waals surface area contributed by atoms with Crippen LogP contribution in [-0.4, -0.2) is 27.5 Å². The largest absolute Gasteiger partial charge is 0.494 e. The van der Waals surface area contributed by atoms with E-state index in [1.54, 1.807) is 36.4 Å². The maximum Gasteiger partial charge on any atom is 0.270 e. The number of rotatable bonds is 10. The smallest absolute Gasteiger partial charge is 0.270 e. The predicted molar refractivity (Wildman–Crippen MR) is 151 cm³/mol. The molecule has 3 aromatic rings. The summed E-state index contributed by atoms with van der Waals surface area (Å²) in [5.74, 6) is 0.745. The molecule has 3 aromatic carbocycles. The maximum absolute atomic E-state index is 13.5. The van der Waals surface area contributed by atoms with Crippen molar-refractivity contribution >= 4 is 37.5 Å². The fourth-order valence-electron chi connectivity index (χ4n) is 3.67. The second-order valence-electron chi connectivity index (χ2n) is 9.75. The van der Waals surface area contributed by atoms with E-state index in [0.29, 0.717) is 24.5 Å². The zero-order valence-electron chi connectivity index (χ0n) is 22.0. The second kappa shape index (κ2) is 12.1. The molecule has 0 fully saturated rings. The molecular formula is C29H34BrNO5S. The summed E-state index contributed by atoms with van der Waals surface area (Å²) in [5, 5.41) is 0. The Kier molecular flexibility index (Phi) is 9.42. The molecule has 3 rings (SSSR count). The van der Waals surface area contributed by atoms with Crippen LogP contribution >= 0.6 is 15.9 Å². The van der Waals surface area contributed by atoms with Gasteiger partial charge in [0.05, 0.1) is 28.3 Å². The van der Waals surface area contributed by atoms with Gasteiger partial charge in [-0.05, 0) is 95.7 Å². The number of aryl methyl sites for hydroxylation is 1. The highest BCUT2D eigenvalue weighted by molar-refractivity contribution is 9.10. The van der Waals surface area contributed by atoms with Crippen LogP contribution in [0.2, 0.25) is 0 Å². The van der Waals surface area contributed by atoms with Gasteiger partial charge in [0.25, 0.3) is 10.0 Å². The topological polar surface area (TPSA) is 72.9 Å². The highest BCUT2D eigenvalue weighted by Crippen LogP contribution is 2.32. The average Bonchev–Trinajstić information content (AvgIpc) is 2.83. The standard InChI is InChI=1S/C29H34BrNO5S/c1-6-35-24-14-12-23(13-15-24)31(37(33,34)25-16-9-21(2)10-17-25)28(32)8-7-19-36-27-18-11-22(20-26(27)30)29(3,4)5/h9-18,20H,6-8,19H2,1-5H3. The van der Waals surface area contributed by atoms with E-state index in [4.69, 9.17) is 9.47 Å². The quantitative estimate of drug-likeness (QED) is 0.238. The van der Waals surface area contributed by atoms with E-state index in [0.717, 1.165) is 14.3 Å². The Morgan fingerprint density at radius 2 is 1.59 bits per heavy atom. The maximum atomic E-state index is 13.5. The van der Waals surface area contributed by atoms with E-state index in [-0.39, 0.29) is 29.0 Å². The predicted octanol–water partition coefficient (Wildman–Crippen LogP) is 7.03. The Labute approximate surface area is 228 Å². The molecule has 0 N–H and O–H groups in total. The first-order valence-electron chi connectivity index (χ1n) is 12.2. The van der Waals surface area contributed by atoms with Crippen LogP contribution in [0.25, 0.3) is 0 Å². The van der Waals surface area contributed by atoms with Crippen molar-refractivity contribution in [3.63, 3.8) is 0 Å². The number of halogens is 1. The first-order valence-corrected chi connectivity index (χ1v) is 14.5. The van der Waals surface area contributed by atoms with Crippen LogP contribution in [-0.2, 0) is 20.2 Å². The third-order valence-corrected chi connectivity index (χ3v) is 8.14. The summed E-state index contributed by atoms with van der Waals surface area (Å²) in [6.07, 6.45) is 0.346. The van der Waals surface area contributed by atoms with E-state index < -0.39 is 15.9 Å². The molecule has 0 radical (unpaired) electrons. The molecule has 1 amide bonds. The van der Waals surface area contributed by atoms with Gasteiger partial charge in [0.1, 0.15) is 11.5 Å². The van der Waals surface area contributed by atoms with Crippen molar-refractivity contribution < 1.29 is 22.7 Å². The highest BCUT2D eigenvalue weighted by atomic mass is 79.9. The lowest BCUT2D eigenvalue weighted by atomic mass is 9.87. The number of anilines is 1. The Bertz CT molecular complexity index is 1310. The van der Waals surface area contributed by atoms with Crippen LogP contribution in [0.15, 0.2) is 76.1 Å². The minimum atomic E-state index is -4.12. The molecule has 6 nitrogen and oxygen atoms in total. The number of hydrogen-bond acceptors (Lipinski definition) is 5. The Morgan fingerprint density at radius 3 is 2.16 bits per heavy atom. The van der Waals surface area contributed by atoms with Gasteiger partial charge < -0.3 is 9.47 Å². The summed E-state index contributed by atoms with van der Waals surface area (Å²) >= 11 is 3.56. The average molecular weight is 589 g/mol.